The minimum Gasteiger partial charge on any atom is -0.353 e. The summed E-state index contributed by atoms with van der Waals surface area (Å²) in [5.74, 6) is 1.87. The average Bonchev–Trinajstić information content (AvgIpc) is 2.25. The second-order valence-corrected chi connectivity index (χ2v) is 5.60. The fourth-order valence-electron chi connectivity index (χ4n) is 1.69. The van der Waals surface area contributed by atoms with E-state index in [1.165, 1.54) is 0 Å². The molecule has 4 heteroatoms. The maximum absolute atomic E-state index is 6.27. The Morgan fingerprint density at radius 1 is 1.29 bits per heavy atom. The van der Waals surface area contributed by atoms with E-state index in [0.29, 0.717) is 22.9 Å². The molecule has 96 valence electrons. The number of alkyl halides is 1. The maximum atomic E-state index is 6.27. The summed E-state index contributed by atoms with van der Waals surface area (Å²) in [4.78, 5) is 6.66. The van der Waals surface area contributed by atoms with Gasteiger partial charge in [-0.3, -0.25) is 0 Å². The van der Waals surface area contributed by atoms with Crippen LogP contribution in [0.2, 0.25) is 5.02 Å². The molecule has 0 fully saturated rings. The number of rotatable bonds is 5. The molecule has 0 aromatic carbocycles. The molecule has 0 bridgehead atoms. The van der Waals surface area contributed by atoms with Crippen molar-refractivity contribution in [2.75, 3.05) is 11.4 Å². The van der Waals surface area contributed by atoms with Crippen LogP contribution in [0.3, 0.4) is 0 Å². The Hall–Kier alpha value is -0.470. The minimum atomic E-state index is 0.379. The number of anilines is 1. The molecule has 1 aromatic heterocycles. The second kappa shape index (κ2) is 6.46. The highest BCUT2D eigenvalue weighted by Crippen LogP contribution is 2.26. The quantitative estimate of drug-likeness (QED) is 0.743. The van der Waals surface area contributed by atoms with Gasteiger partial charge >= 0.3 is 0 Å². The van der Waals surface area contributed by atoms with Crippen LogP contribution in [0.4, 0.5) is 5.82 Å². The number of hydrogen-bond donors (Lipinski definition) is 0. The van der Waals surface area contributed by atoms with E-state index in [1.807, 2.05) is 6.07 Å². The largest absolute Gasteiger partial charge is 0.353 e. The zero-order valence-corrected chi connectivity index (χ0v) is 12.4. The van der Waals surface area contributed by atoms with Crippen molar-refractivity contribution in [1.29, 1.82) is 0 Å². The summed E-state index contributed by atoms with van der Waals surface area (Å²) in [7, 11) is 0. The molecule has 2 nitrogen and oxygen atoms in total. The zero-order valence-electron chi connectivity index (χ0n) is 10.9. The van der Waals surface area contributed by atoms with Crippen molar-refractivity contribution < 1.29 is 0 Å². The van der Waals surface area contributed by atoms with Gasteiger partial charge in [0.1, 0.15) is 5.82 Å². The number of hydrogen-bond acceptors (Lipinski definition) is 2. The summed E-state index contributed by atoms with van der Waals surface area (Å²) in [5, 5.41) is 0.678. The van der Waals surface area contributed by atoms with E-state index >= 15 is 0 Å². The molecule has 0 aliphatic rings. The molecule has 0 N–H and O–H groups in total. The van der Waals surface area contributed by atoms with E-state index in [0.717, 1.165) is 17.9 Å². The molecular weight excluding hydrogens is 255 g/mol. The fourth-order valence-corrected chi connectivity index (χ4v) is 2.13. The van der Waals surface area contributed by atoms with Crippen LogP contribution in [-0.2, 0) is 5.88 Å². The van der Waals surface area contributed by atoms with Crippen molar-refractivity contribution in [3.8, 4) is 0 Å². The van der Waals surface area contributed by atoms with Gasteiger partial charge in [-0.15, -0.1) is 11.6 Å². The number of aromatic nitrogens is 1. The molecule has 0 unspecified atom stereocenters. The van der Waals surface area contributed by atoms with Crippen molar-refractivity contribution in [2.45, 2.75) is 39.6 Å². The molecule has 0 aliphatic carbocycles. The van der Waals surface area contributed by atoms with Crippen LogP contribution in [0.15, 0.2) is 12.3 Å². The fraction of sp³-hybridized carbons (Fsp3) is 0.615. The third-order valence-corrected chi connectivity index (χ3v) is 3.08. The Morgan fingerprint density at radius 2 is 1.94 bits per heavy atom. The Morgan fingerprint density at radius 3 is 2.35 bits per heavy atom. The molecule has 17 heavy (non-hydrogen) atoms. The molecule has 0 atom stereocenters. The summed E-state index contributed by atoms with van der Waals surface area (Å²) in [6.07, 6.45) is 1.80. The second-order valence-electron chi connectivity index (χ2n) is 4.92. The molecule has 1 rings (SSSR count). The van der Waals surface area contributed by atoms with E-state index in [-0.39, 0.29) is 0 Å². The molecule has 0 saturated heterocycles. The summed E-state index contributed by atoms with van der Waals surface area (Å²) in [6.45, 7) is 9.63. The van der Waals surface area contributed by atoms with E-state index in [2.05, 4.69) is 37.6 Å². The van der Waals surface area contributed by atoms with Crippen molar-refractivity contribution in [3.05, 3.63) is 22.8 Å². The lowest BCUT2D eigenvalue weighted by Crippen LogP contribution is -2.35. The summed E-state index contributed by atoms with van der Waals surface area (Å²) in [6, 6.07) is 2.27. The van der Waals surface area contributed by atoms with Gasteiger partial charge in [-0.1, -0.05) is 25.4 Å². The highest BCUT2D eigenvalue weighted by molar-refractivity contribution is 6.33. The Balaban J connectivity index is 3.01. The van der Waals surface area contributed by atoms with Gasteiger partial charge in [0.2, 0.25) is 0 Å². The monoisotopic (exact) mass is 274 g/mol. The van der Waals surface area contributed by atoms with Gasteiger partial charge in [-0.25, -0.2) is 4.98 Å². The summed E-state index contributed by atoms with van der Waals surface area (Å²) < 4.78 is 0. The Kier molecular flexibility index (Phi) is 5.54. The first-order chi connectivity index (χ1) is 7.95. The van der Waals surface area contributed by atoms with Gasteiger partial charge < -0.3 is 4.90 Å². The van der Waals surface area contributed by atoms with Crippen molar-refractivity contribution >= 4 is 29.0 Å². The number of halogens is 2. The van der Waals surface area contributed by atoms with Crippen molar-refractivity contribution in [2.24, 2.45) is 5.92 Å². The van der Waals surface area contributed by atoms with E-state index < -0.39 is 0 Å². The predicted octanol–water partition coefficient (Wildman–Crippen LogP) is 4.34. The summed E-state index contributed by atoms with van der Waals surface area (Å²) >= 11 is 12.0. The van der Waals surface area contributed by atoms with Gasteiger partial charge in [-0.05, 0) is 31.4 Å². The lowest BCUT2D eigenvalue weighted by atomic mass is 10.1. The van der Waals surface area contributed by atoms with Crippen LogP contribution in [0, 0.1) is 5.92 Å². The molecule has 1 aromatic rings. The van der Waals surface area contributed by atoms with Gasteiger partial charge in [-0.2, -0.15) is 0 Å². The normalized spacial score (nSPS) is 11.3. The first kappa shape index (κ1) is 14.6. The van der Waals surface area contributed by atoms with E-state index in [9.17, 15) is 0 Å². The summed E-state index contributed by atoms with van der Waals surface area (Å²) in [5.41, 5.74) is 0.952. The SMILES string of the molecule is CC(C)CN(c1ncc(CCl)cc1Cl)C(C)C. The highest BCUT2D eigenvalue weighted by Gasteiger charge is 2.16. The smallest absolute Gasteiger partial charge is 0.147 e. The lowest BCUT2D eigenvalue weighted by molar-refractivity contribution is 0.566. The first-order valence-electron chi connectivity index (χ1n) is 5.92. The average molecular weight is 275 g/mol. The molecule has 1 heterocycles. The van der Waals surface area contributed by atoms with Gasteiger partial charge in [0.05, 0.1) is 5.02 Å². The molecular formula is C13H20Cl2N2. The number of nitrogens with zero attached hydrogens (tertiary/aromatic N) is 2. The van der Waals surface area contributed by atoms with Crippen LogP contribution in [0.5, 0.6) is 0 Å². The van der Waals surface area contributed by atoms with Crippen molar-refractivity contribution in [1.82, 2.24) is 4.98 Å². The van der Waals surface area contributed by atoms with E-state index in [1.54, 1.807) is 6.20 Å². The minimum absolute atomic E-state index is 0.379. The van der Waals surface area contributed by atoms with Gasteiger partial charge in [0.25, 0.3) is 0 Å². The van der Waals surface area contributed by atoms with Gasteiger partial charge in [0, 0.05) is 24.7 Å². The van der Waals surface area contributed by atoms with Gasteiger partial charge in [0.15, 0.2) is 0 Å². The Bertz CT molecular complexity index is 364. The molecule has 0 saturated carbocycles. The van der Waals surface area contributed by atoms with Crippen LogP contribution < -0.4 is 4.90 Å². The zero-order chi connectivity index (χ0) is 13.0. The standard InChI is InChI=1S/C13H20Cl2N2/c1-9(2)8-17(10(3)4)13-12(15)5-11(6-14)7-16-13/h5,7,9-10H,6,8H2,1-4H3. The molecule has 0 amide bonds. The van der Waals surface area contributed by atoms with Crippen LogP contribution in [0.25, 0.3) is 0 Å². The predicted molar refractivity (Wildman–Crippen MR) is 76.1 cm³/mol. The van der Waals surface area contributed by atoms with E-state index in [4.69, 9.17) is 23.2 Å². The van der Waals surface area contributed by atoms with Crippen LogP contribution in [0.1, 0.15) is 33.3 Å². The highest BCUT2D eigenvalue weighted by atomic mass is 35.5. The number of pyridine rings is 1. The molecule has 0 spiro atoms. The van der Waals surface area contributed by atoms with Crippen LogP contribution in [-0.4, -0.2) is 17.6 Å². The molecule has 0 radical (unpaired) electrons. The Labute approximate surface area is 114 Å². The lowest BCUT2D eigenvalue weighted by Gasteiger charge is -2.30. The third kappa shape index (κ3) is 4.04. The van der Waals surface area contributed by atoms with Crippen molar-refractivity contribution in [3.63, 3.8) is 0 Å². The third-order valence-electron chi connectivity index (χ3n) is 2.49. The topological polar surface area (TPSA) is 16.1 Å². The first-order valence-corrected chi connectivity index (χ1v) is 6.84. The molecule has 0 aliphatic heterocycles. The van der Waals surface area contributed by atoms with Crippen LogP contribution >= 0.6 is 23.2 Å². The maximum Gasteiger partial charge on any atom is 0.147 e.